The first-order valence-electron chi connectivity index (χ1n) is 6.85. The van der Waals surface area contributed by atoms with Crippen molar-refractivity contribution in [1.82, 2.24) is 9.71 Å². The van der Waals surface area contributed by atoms with Gasteiger partial charge in [-0.05, 0) is 23.8 Å². The molecular formula is C14H23N3O2S. The van der Waals surface area contributed by atoms with E-state index in [1.165, 1.54) is 6.20 Å². The van der Waals surface area contributed by atoms with Gasteiger partial charge < -0.3 is 5.32 Å². The van der Waals surface area contributed by atoms with Crippen molar-refractivity contribution in [2.24, 2.45) is 10.8 Å². The van der Waals surface area contributed by atoms with Crippen molar-refractivity contribution in [3.63, 3.8) is 0 Å². The maximum Gasteiger partial charge on any atom is 0.244 e. The van der Waals surface area contributed by atoms with Crippen molar-refractivity contribution in [2.45, 2.75) is 45.6 Å². The molecule has 0 aliphatic heterocycles. The Balaban J connectivity index is 2.29. The third kappa shape index (κ3) is 2.31. The van der Waals surface area contributed by atoms with Gasteiger partial charge in [0.2, 0.25) is 10.0 Å². The van der Waals surface area contributed by atoms with Crippen LogP contribution in [0.1, 0.15) is 34.6 Å². The smallest absolute Gasteiger partial charge is 0.244 e. The topological polar surface area (TPSA) is 71.1 Å². The number of sulfonamides is 1. The van der Waals surface area contributed by atoms with Crippen LogP contribution in [0.3, 0.4) is 0 Å². The minimum absolute atomic E-state index is 0.0410. The molecule has 0 spiro atoms. The third-order valence-corrected chi connectivity index (χ3v) is 6.19. The number of hydrogen-bond donors (Lipinski definition) is 2. The molecule has 2 N–H and O–H groups in total. The van der Waals surface area contributed by atoms with Crippen LogP contribution < -0.4 is 10.0 Å². The zero-order valence-corrected chi connectivity index (χ0v) is 13.5. The fourth-order valence-corrected chi connectivity index (χ4v) is 4.30. The molecule has 1 saturated carbocycles. The number of rotatable bonds is 5. The van der Waals surface area contributed by atoms with Gasteiger partial charge in [-0.3, -0.25) is 4.98 Å². The molecule has 0 aromatic carbocycles. The molecule has 1 fully saturated rings. The summed E-state index contributed by atoms with van der Waals surface area (Å²) in [7, 11) is -3.57. The van der Waals surface area contributed by atoms with Gasteiger partial charge in [0.15, 0.2) is 0 Å². The molecule has 0 atom stereocenters. The van der Waals surface area contributed by atoms with Gasteiger partial charge in [-0.1, -0.05) is 27.7 Å². The normalized spacial score (nSPS) is 20.6. The second-order valence-electron chi connectivity index (χ2n) is 6.40. The monoisotopic (exact) mass is 297 g/mol. The first-order chi connectivity index (χ1) is 9.14. The zero-order chi connectivity index (χ0) is 15.2. The number of nitrogens with zero attached hydrogens (tertiary/aromatic N) is 1. The zero-order valence-electron chi connectivity index (χ0n) is 12.7. The summed E-state index contributed by atoms with van der Waals surface area (Å²) >= 11 is 0. The Kier molecular flexibility index (Phi) is 3.59. The molecule has 20 heavy (non-hydrogen) atoms. The number of pyridine rings is 1. The van der Waals surface area contributed by atoms with Crippen LogP contribution in [0.4, 0.5) is 5.69 Å². The fraction of sp³-hybridized carbons (Fsp3) is 0.643. The van der Waals surface area contributed by atoms with Gasteiger partial charge >= 0.3 is 0 Å². The summed E-state index contributed by atoms with van der Waals surface area (Å²) in [4.78, 5) is 4.14. The van der Waals surface area contributed by atoms with E-state index in [0.717, 1.165) is 0 Å². The highest BCUT2D eigenvalue weighted by Gasteiger charge is 2.66. The van der Waals surface area contributed by atoms with Crippen LogP contribution in [0, 0.1) is 10.8 Å². The van der Waals surface area contributed by atoms with E-state index in [1.807, 2.05) is 6.92 Å². The van der Waals surface area contributed by atoms with Crippen molar-refractivity contribution in [2.75, 3.05) is 11.9 Å². The lowest BCUT2D eigenvalue weighted by molar-refractivity contribution is 0.457. The number of aromatic nitrogens is 1. The third-order valence-electron chi connectivity index (χ3n) is 4.73. The molecule has 1 aromatic rings. The van der Waals surface area contributed by atoms with E-state index >= 15 is 0 Å². The molecular weight excluding hydrogens is 274 g/mol. The number of anilines is 1. The first kappa shape index (κ1) is 15.3. The van der Waals surface area contributed by atoms with Crippen LogP contribution >= 0.6 is 0 Å². The molecule has 0 saturated heterocycles. The molecule has 0 bridgehead atoms. The molecule has 1 aromatic heterocycles. The summed E-state index contributed by atoms with van der Waals surface area (Å²) in [5, 5.41) is 3.06. The molecule has 112 valence electrons. The van der Waals surface area contributed by atoms with Crippen molar-refractivity contribution in [3.05, 3.63) is 18.5 Å². The summed E-state index contributed by atoms with van der Waals surface area (Å²) in [6.45, 7) is 10.9. The average molecular weight is 297 g/mol. The molecule has 1 aliphatic carbocycles. The van der Waals surface area contributed by atoms with Crippen molar-refractivity contribution in [3.8, 4) is 0 Å². The van der Waals surface area contributed by atoms with Crippen molar-refractivity contribution < 1.29 is 8.42 Å². The Bertz CT molecular complexity index is 595. The highest BCUT2D eigenvalue weighted by molar-refractivity contribution is 7.89. The lowest BCUT2D eigenvalue weighted by atomic mass is 10.0. The largest absolute Gasteiger partial charge is 0.384 e. The summed E-state index contributed by atoms with van der Waals surface area (Å²) in [6.07, 6.45) is 2.98. The van der Waals surface area contributed by atoms with Crippen molar-refractivity contribution in [1.29, 1.82) is 0 Å². The van der Waals surface area contributed by atoms with E-state index in [-0.39, 0.29) is 21.8 Å². The Morgan fingerprint density at radius 3 is 2.35 bits per heavy atom. The van der Waals surface area contributed by atoms with Crippen LogP contribution in [-0.4, -0.2) is 26.0 Å². The number of nitrogens with one attached hydrogen (secondary N) is 2. The van der Waals surface area contributed by atoms with Gasteiger partial charge in [0.25, 0.3) is 0 Å². The van der Waals surface area contributed by atoms with Crippen LogP contribution in [0.5, 0.6) is 0 Å². The quantitative estimate of drug-likeness (QED) is 0.874. The molecule has 1 heterocycles. The predicted octanol–water partition coefficient (Wildman–Crippen LogP) is 2.23. The maximum absolute atomic E-state index is 12.6. The van der Waals surface area contributed by atoms with Crippen molar-refractivity contribution >= 4 is 15.7 Å². The molecule has 0 radical (unpaired) electrons. The van der Waals surface area contributed by atoms with Gasteiger partial charge in [0.05, 0.1) is 5.69 Å². The average Bonchev–Trinajstić information content (AvgIpc) is 2.72. The van der Waals surface area contributed by atoms with E-state index in [2.05, 4.69) is 42.7 Å². The van der Waals surface area contributed by atoms with E-state index in [1.54, 1.807) is 12.3 Å². The maximum atomic E-state index is 12.6. The summed E-state index contributed by atoms with van der Waals surface area (Å²) in [5.41, 5.74) is 0.507. The van der Waals surface area contributed by atoms with E-state index < -0.39 is 10.0 Å². The molecule has 0 unspecified atom stereocenters. The van der Waals surface area contributed by atoms with E-state index in [0.29, 0.717) is 12.2 Å². The van der Waals surface area contributed by atoms with Gasteiger partial charge in [-0.15, -0.1) is 0 Å². The highest BCUT2D eigenvalue weighted by Crippen LogP contribution is 2.63. The minimum Gasteiger partial charge on any atom is -0.384 e. The second kappa shape index (κ2) is 4.70. The molecule has 5 nitrogen and oxygen atoms in total. The Morgan fingerprint density at radius 1 is 1.25 bits per heavy atom. The summed E-state index contributed by atoms with van der Waals surface area (Å²) in [6, 6.07) is 1.62. The highest BCUT2D eigenvalue weighted by atomic mass is 32.2. The van der Waals surface area contributed by atoms with Crippen LogP contribution in [0.15, 0.2) is 23.4 Å². The lowest BCUT2D eigenvalue weighted by Gasteiger charge is -2.12. The van der Waals surface area contributed by atoms with E-state index in [4.69, 9.17) is 0 Å². The first-order valence-corrected chi connectivity index (χ1v) is 8.33. The Labute approximate surface area is 121 Å². The van der Waals surface area contributed by atoms with Crippen LogP contribution in [0.2, 0.25) is 0 Å². The molecule has 1 aliphatic rings. The van der Waals surface area contributed by atoms with Crippen LogP contribution in [-0.2, 0) is 10.0 Å². The SMILES string of the molecule is CCNc1ccncc1S(=O)(=O)NC1C(C)(C)C1(C)C. The molecule has 6 heteroatoms. The van der Waals surface area contributed by atoms with Gasteiger partial charge in [0.1, 0.15) is 4.90 Å². The van der Waals surface area contributed by atoms with Crippen LogP contribution in [0.25, 0.3) is 0 Å². The van der Waals surface area contributed by atoms with Gasteiger partial charge in [0, 0.05) is 25.0 Å². The molecule has 2 rings (SSSR count). The Morgan fingerprint density at radius 2 is 1.85 bits per heavy atom. The summed E-state index contributed by atoms with van der Waals surface area (Å²) in [5.74, 6) is 0. The van der Waals surface area contributed by atoms with Gasteiger partial charge in [-0.2, -0.15) is 0 Å². The van der Waals surface area contributed by atoms with E-state index in [9.17, 15) is 8.42 Å². The molecule has 0 amide bonds. The lowest BCUT2D eigenvalue weighted by Crippen LogP contribution is -2.30. The van der Waals surface area contributed by atoms with Gasteiger partial charge in [-0.25, -0.2) is 13.1 Å². The standard InChI is InChI=1S/C14H23N3O2S/c1-6-16-10-7-8-15-9-11(10)20(18,19)17-12-13(2,3)14(12,4)5/h7-9,12,17H,6H2,1-5H3,(H,15,16). The fourth-order valence-electron chi connectivity index (χ4n) is 2.64. The predicted molar refractivity (Wildman–Crippen MR) is 80.1 cm³/mol. The number of hydrogen-bond acceptors (Lipinski definition) is 4. The second-order valence-corrected chi connectivity index (χ2v) is 8.08. The minimum atomic E-state index is -3.57. The Hall–Kier alpha value is -1.14. The summed E-state index contributed by atoms with van der Waals surface area (Å²) < 4.78 is 27.9.